The minimum absolute atomic E-state index is 0.316. The summed E-state index contributed by atoms with van der Waals surface area (Å²) in [5.74, 6) is 0.330. The maximum Gasteiger partial charge on any atom is 0.265 e. The summed E-state index contributed by atoms with van der Waals surface area (Å²) in [5, 5.41) is 2.73. The number of para-hydroxylation sites is 2. The number of hydrogen-bond acceptors (Lipinski definition) is 3. The summed E-state index contributed by atoms with van der Waals surface area (Å²) in [6.07, 6.45) is -0.722. The molecule has 110 valence electrons. The predicted octanol–water partition coefficient (Wildman–Crippen LogP) is 3.24. The SMILES string of the molecule is COc1ccccc1NC(=O)[C@H](C)Oc1ccc(F)cc1. The van der Waals surface area contributed by atoms with Gasteiger partial charge in [0.1, 0.15) is 17.3 Å². The van der Waals surface area contributed by atoms with E-state index in [0.717, 1.165) is 0 Å². The normalized spacial score (nSPS) is 11.6. The maximum atomic E-state index is 12.8. The highest BCUT2D eigenvalue weighted by Crippen LogP contribution is 2.23. The van der Waals surface area contributed by atoms with E-state index < -0.39 is 6.10 Å². The third-order valence-electron chi connectivity index (χ3n) is 2.86. The molecule has 0 heterocycles. The Morgan fingerprint density at radius 2 is 1.81 bits per heavy atom. The highest BCUT2D eigenvalue weighted by atomic mass is 19.1. The van der Waals surface area contributed by atoms with Crippen LogP contribution in [0.5, 0.6) is 11.5 Å². The van der Waals surface area contributed by atoms with Crippen LogP contribution in [0.2, 0.25) is 0 Å². The van der Waals surface area contributed by atoms with Crippen molar-refractivity contribution in [3.05, 3.63) is 54.3 Å². The van der Waals surface area contributed by atoms with Crippen molar-refractivity contribution in [3.63, 3.8) is 0 Å². The number of ether oxygens (including phenoxy) is 2. The Hall–Kier alpha value is -2.56. The molecule has 0 aliphatic rings. The summed E-state index contributed by atoms with van der Waals surface area (Å²) in [5.41, 5.74) is 0.569. The fourth-order valence-electron chi connectivity index (χ4n) is 1.75. The molecule has 0 aliphatic heterocycles. The largest absolute Gasteiger partial charge is 0.495 e. The van der Waals surface area contributed by atoms with Crippen LogP contribution in [0.25, 0.3) is 0 Å². The van der Waals surface area contributed by atoms with Gasteiger partial charge in [0.15, 0.2) is 6.10 Å². The van der Waals surface area contributed by atoms with Crippen LogP contribution in [0, 0.1) is 5.82 Å². The molecule has 5 heteroatoms. The Morgan fingerprint density at radius 1 is 1.14 bits per heavy atom. The van der Waals surface area contributed by atoms with Crippen LogP contribution >= 0.6 is 0 Å². The average molecular weight is 289 g/mol. The molecule has 0 aromatic heterocycles. The molecule has 0 fully saturated rings. The van der Waals surface area contributed by atoms with Gasteiger partial charge < -0.3 is 14.8 Å². The van der Waals surface area contributed by atoms with Gasteiger partial charge in [-0.3, -0.25) is 4.79 Å². The number of methoxy groups -OCH3 is 1. The molecule has 2 aromatic carbocycles. The predicted molar refractivity (Wildman–Crippen MR) is 78.1 cm³/mol. The highest BCUT2D eigenvalue weighted by molar-refractivity contribution is 5.95. The number of nitrogens with one attached hydrogen (secondary N) is 1. The number of benzene rings is 2. The number of amides is 1. The molecule has 0 spiro atoms. The van der Waals surface area contributed by atoms with E-state index in [4.69, 9.17) is 9.47 Å². The minimum Gasteiger partial charge on any atom is -0.495 e. The molecule has 4 nitrogen and oxygen atoms in total. The number of hydrogen-bond donors (Lipinski definition) is 1. The second-order valence-corrected chi connectivity index (χ2v) is 4.40. The van der Waals surface area contributed by atoms with Crippen LogP contribution in [0.15, 0.2) is 48.5 Å². The molecule has 0 unspecified atom stereocenters. The van der Waals surface area contributed by atoms with Gasteiger partial charge in [0.2, 0.25) is 0 Å². The van der Waals surface area contributed by atoms with E-state index in [-0.39, 0.29) is 11.7 Å². The summed E-state index contributed by atoms with van der Waals surface area (Å²) in [6.45, 7) is 1.62. The molecule has 2 rings (SSSR count). The fourth-order valence-corrected chi connectivity index (χ4v) is 1.75. The number of anilines is 1. The molecule has 2 aromatic rings. The van der Waals surface area contributed by atoms with Crippen LogP contribution in [0.1, 0.15) is 6.92 Å². The molecule has 0 bridgehead atoms. The molecule has 1 N–H and O–H groups in total. The zero-order valence-corrected chi connectivity index (χ0v) is 11.8. The van der Waals surface area contributed by atoms with Crippen molar-refractivity contribution < 1.29 is 18.7 Å². The number of carbonyl (C=O) groups excluding carboxylic acids is 1. The summed E-state index contributed by atoms with van der Waals surface area (Å²) >= 11 is 0. The van der Waals surface area contributed by atoms with E-state index in [1.54, 1.807) is 25.1 Å². The Morgan fingerprint density at radius 3 is 2.48 bits per heavy atom. The van der Waals surface area contributed by atoms with Crippen LogP contribution in [0.3, 0.4) is 0 Å². The molecule has 0 saturated heterocycles. The van der Waals surface area contributed by atoms with Crippen molar-refractivity contribution >= 4 is 11.6 Å². The minimum atomic E-state index is -0.722. The van der Waals surface area contributed by atoms with Crippen molar-refractivity contribution in [3.8, 4) is 11.5 Å². The third kappa shape index (κ3) is 3.95. The van der Waals surface area contributed by atoms with Gasteiger partial charge >= 0.3 is 0 Å². The lowest BCUT2D eigenvalue weighted by Gasteiger charge is -2.16. The summed E-state index contributed by atoms with van der Waals surface area (Å²) in [6, 6.07) is 12.6. The van der Waals surface area contributed by atoms with Crippen LogP contribution in [0.4, 0.5) is 10.1 Å². The number of carbonyl (C=O) groups is 1. The van der Waals surface area contributed by atoms with Gasteiger partial charge in [-0.05, 0) is 43.3 Å². The van der Waals surface area contributed by atoms with Gasteiger partial charge in [-0.1, -0.05) is 12.1 Å². The van der Waals surface area contributed by atoms with Gasteiger partial charge in [-0.2, -0.15) is 0 Å². The first-order valence-corrected chi connectivity index (χ1v) is 6.46. The molecule has 0 radical (unpaired) electrons. The van der Waals surface area contributed by atoms with E-state index in [0.29, 0.717) is 17.2 Å². The second kappa shape index (κ2) is 6.74. The summed E-state index contributed by atoms with van der Waals surface area (Å²) < 4.78 is 23.4. The quantitative estimate of drug-likeness (QED) is 0.919. The average Bonchev–Trinajstić information content (AvgIpc) is 2.50. The first-order valence-electron chi connectivity index (χ1n) is 6.46. The third-order valence-corrected chi connectivity index (χ3v) is 2.86. The van der Waals surface area contributed by atoms with E-state index in [1.165, 1.54) is 31.4 Å². The lowest BCUT2D eigenvalue weighted by Crippen LogP contribution is -2.30. The van der Waals surface area contributed by atoms with Crippen molar-refractivity contribution in [2.75, 3.05) is 12.4 Å². The second-order valence-electron chi connectivity index (χ2n) is 4.40. The van der Waals surface area contributed by atoms with E-state index in [1.807, 2.05) is 6.07 Å². The molecule has 21 heavy (non-hydrogen) atoms. The molecule has 0 saturated carbocycles. The van der Waals surface area contributed by atoms with E-state index >= 15 is 0 Å². The number of rotatable bonds is 5. The fraction of sp³-hybridized carbons (Fsp3) is 0.188. The first-order chi connectivity index (χ1) is 10.1. The van der Waals surface area contributed by atoms with Crippen molar-refractivity contribution in [2.24, 2.45) is 0 Å². The summed E-state index contributed by atoms with van der Waals surface area (Å²) in [7, 11) is 1.53. The van der Waals surface area contributed by atoms with Gasteiger partial charge in [-0.15, -0.1) is 0 Å². The zero-order chi connectivity index (χ0) is 15.2. The van der Waals surface area contributed by atoms with Crippen LogP contribution in [-0.2, 0) is 4.79 Å². The van der Waals surface area contributed by atoms with Gasteiger partial charge in [0.05, 0.1) is 12.8 Å². The zero-order valence-electron chi connectivity index (χ0n) is 11.8. The molecule has 1 amide bonds. The van der Waals surface area contributed by atoms with E-state index in [2.05, 4.69) is 5.32 Å². The molecule has 1 atom stereocenters. The maximum absolute atomic E-state index is 12.8. The summed E-state index contributed by atoms with van der Waals surface area (Å²) in [4.78, 5) is 12.1. The molecular weight excluding hydrogens is 273 g/mol. The van der Waals surface area contributed by atoms with Crippen molar-refractivity contribution in [1.29, 1.82) is 0 Å². The van der Waals surface area contributed by atoms with E-state index in [9.17, 15) is 9.18 Å². The molecular formula is C16H16FNO3. The topological polar surface area (TPSA) is 47.6 Å². The smallest absolute Gasteiger partial charge is 0.265 e. The first kappa shape index (κ1) is 14.8. The standard InChI is InChI=1S/C16H16FNO3/c1-11(21-13-9-7-12(17)8-10-13)16(19)18-14-5-3-4-6-15(14)20-2/h3-11H,1-2H3,(H,18,19)/t11-/m0/s1. The van der Waals surface area contributed by atoms with Gasteiger partial charge in [-0.25, -0.2) is 4.39 Å². The van der Waals surface area contributed by atoms with Crippen molar-refractivity contribution in [1.82, 2.24) is 0 Å². The van der Waals surface area contributed by atoms with Gasteiger partial charge in [0, 0.05) is 0 Å². The van der Waals surface area contributed by atoms with Crippen molar-refractivity contribution in [2.45, 2.75) is 13.0 Å². The van der Waals surface area contributed by atoms with Crippen LogP contribution < -0.4 is 14.8 Å². The Bertz CT molecular complexity index is 613. The van der Waals surface area contributed by atoms with Gasteiger partial charge in [0.25, 0.3) is 5.91 Å². The highest BCUT2D eigenvalue weighted by Gasteiger charge is 2.16. The Kier molecular flexibility index (Phi) is 4.77. The Balaban J connectivity index is 2.01. The monoisotopic (exact) mass is 289 g/mol. The Labute approximate surface area is 122 Å². The number of halogens is 1. The lowest BCUT2D eigenvalue weighted by atomic mass is 10.2. The van der Waals surface area contributed by atoms with Crippen LogP contribution in [-0.4, -0.2) is 19.1 Å². The molecule has 0 aliphatic carbocycles. The lowest BCUT2D eigenvalue weighted by molar-refractivity contribution is -0.122.